The SMILES string of the molecule is NS(=O)(=O)c1ccc(S(=O)(=O)Nc2ccc(-c3ccccc3)cc2C(=O)O)cc1. The molecule has 0 atom stereocenters. The van der Waals surface area contributed by atoms with Gasteiger partial charge in [0.1, 0.15) is 0 Å². The van der Waals surface area contributed by atoms with Gasteiger partial charge in [0.2, 0.25) is 10.0 Å². The lowest BCUT2D eigenvalue weighted by atomic mass is 10.0. The van der Waals surface area contributed by atoms with E-state index in [0.717, 1.165) is 29.8 Å². The van der Waals surface area contributed by atoms with Crippen molar-refractivity contribution in [3.05, 3.63) is 78.4 Å². The zero-order valence-electron chi connectivity index (χ0n) is 14.8. The van der Waals surface area contributed by atoms with Crippen molar-refractivity contribution < 1.29 is 26.7 Å². The highest BCUT2D eigenvalue weighted by Gasteiger charge is 2.20. The zero-order chi connectivity index (χ0) is 21.2. The van der Waals surface area contributed by atoms with Crippen LogP contribution in [0.4, 0.5) is 5.69 Å². The van der Waals surface area contributed by atoms with Crippen molar-refractivity contribution in [2.24, 2.45) is 5.14 Å². The number of nitrogens with one attached hydrogen (secondary N) is 1. The number of carboxylic acids is 1. The van der Waals surface area contributed by atoms with E-state index < -0.39 is 26.0 Å². The third-order valence-electron chi connectivity index (χ3n) is 4.06. The van der Waals surface area contributed by atoms with Crippen LogP contribution in [0.3, 0.4) is 0 Å². The lowest BCUT2D eigenvalue weighted by Crippen LogP contribution is -2.16. The molecule has 8 nitrogen and oxygen atoms in total. The average molecular weight is 432 g/mol. The number of nitrogens with two attached hydrogens (primary N) is 1. The van der Waals surface area contributed by atoms with Crippen LogP contribution in [0.1, 0.15) is 10.4 Å². The lowest BCUT2D eigenvalue weighted by Gasteiger charge is -2.12. The highest BCUT2D eigenvalue weighted by atomic mass is 32.2. The van der Waals surface area contributed by atoms with Crippen LogP contribution in [0.25, 0.3) is 11.1 Å². The first-order valence-electron chi connectivity index (χ1n) is 8.16. The minimum atomic E-state index is -4.16. The zero-order valence-corrected chi connectivity index (χ0v) is 16.4. The number of primary sulfonamides is 1. The molecule has 0 saturated carbocycles. The molecule has 0 unspecified atom stereocenters. The van der Waals surface area contributed by atoms with Gasteiger partial charge in [0.05, 0.1) is 21.0 Å². The minimum absolute atomic E-state index is 0.118. The van der Waals surface area contributed by atoms with E-state index in [9.17, 15) is 26.7 Å². The van der Waals surface area contributed by atoms with Crippen LogP contribution in [0.2, 0.25) is 0 Å². The predicted molar refractivity (Wildman–Crippen MR) is 107 cm³/mol. The van der Waals surface area contributed by atoms with E-state index in [4.69, 9.17) is 5.14 Å². The Balaban J connectivity index is 1.97. The lowest BCUT2D eigenvalue weighted by molar-refractivity contribution is 0.0698. The predicted octanol–water partition coefficient (Wildman–Crippen LogP) is 2.50. The van der Waals surface area contributed by atoms with Crippen molar-refractivity contribution in [1.29, 1.82) is 0 Å². The van der Waals surface area contributed by atoms with E-state index in [0.29, 0.717) is 5.56 Å². The van der Waals surface area contributed by atoms with Crippen molar-refractivity contribution in [3.8, 4) is 11.1 Å². The molecule has 0 aliphatic carbocycles. The topological polar surface area (TPSA) is 144 Å². The highest BCUT2D eigenvalue weighted by molar-refractivity contribution is 7.92. The summed E-state index contributed by atoms with van der Waals surface area (Å²) in [5.74, 6) is -1.30. The van der Waals surface area contributed by atoms with Gasteiger partial charge in [-0.3, -0.25) is 4.72 Å². The highest BCUT2D eigenvalue weighted by Crippen LogP contribution is 2.27. The van der Waals surface area contributed by atoms with E-state index >= 15 is 0 Å². The number of benzene rings is 3. The van der Waals surface area contributed by atoms with Crippen LogP contribution in [-0.2, 0) is 20.0 Å². The molecule has 0 fully saturated rings. The summed E-state index contributed by atoms with van der Waals surface area (Å²) in [6.45, 7) is 0. The van der Waals surface area contributed by atoms with E-state index in [1.165, 1.54) is 12.1 Å². The van der Waals surface area contributed by atoms with Crippen LogP contribution in [0.5, 0.6) is 0 Å². The fraction of sp³-hybridized carbons (Fsp3) is 0. The van der Waals surface area contributed by atoms with Gasteiger partial charge in [-0.1, -0.05) is 36.4 Å². The Labute approximate surface area is 167 Å². The number of aromatic carboxylic acids is 1. The summed E-state index contributed by atoms with van der Waals surface area (Å²) < 4.78 is 50.0. The summed E-state index contributed by atoms with van der Waals surface area (Å²) in [7, 11) is -8.12. The fourth-order valence-corrected chi connectivity index (χ4v) is 4.23. The summed E-state index contributed by atoms with van der Waals surface area (Å²) in [5, 5.41) is 14.5. The molecule has 0 spiro atoms. The first kappa shape index (κ1) is 20.5. The molecular weight excluding hydrogens is 416 g/mol. The van der Waals surface area contributed by atoms with Crippen molar-refractivity contribution in [1.82, 2.24) is 0 Å². The Hall–Kier alpha value is -3.21. The van der Waals surface area contributed by atoms with Crippen molar-refractivity contribution in [2.75, 3.05) is 4.72 Å². The summed E-state index contributed by atoms with van der Waals surface area (Å²) in [6.07, 6.45) is 0. The molecule has 0 aliphatic rings. The maximum absolute atomic E-state index is 12.6. The number of carbonyl (C=O) groups is 1. The number of carboxylic acid groups (broad SMARTS) is 1. The van der Waals surface area contributed by atoms with Gasteiger partial charge in [-0.05, 0) is 47.5 Å². The Morgan fingerprint density at radius 3 is 1.93 bits per heavy atom. The summed E-state index contributed by atoms with van der Waals surface area (Å²) in [4.78, 5) is 11.2. The molecule has 0 amide bonds. The normalized spacial score (nSPS) is 11.8. The first-order valence-corrected chi connectivity index (χ1v) is 11.2. The number of rotatable bonds is 6. The average Bonchev–Trinajstić information content (AvgIpc) is 2.68. The summed E-state index contributed by atoms with van der Waals surface area (Å²) in [6, 6.07) is 17.6. The standard InChI is InChI=1S/C19H16N2O6S2/c20-28(24,25)15-7-9-16(10-8-15)29(26,27)21-18-11-6-14(12-17(18)19(22)23)13-4-2-1-3-5-13/h1-12,21H,(H,22,23)(H2,20,24,25). The number of anilines is 1. The molecule has 0 aliphatic heterocycles. The smallest absolute Gasteiger partial charge is 0.337 e. The van der Waals surface area contributed by atoms with Crippen LogP contribution in [-0.4, -0.2) is 27.9 Å². The van der Waals surface area contributed by atoms with Gasteiger partial charge in [0, 0.05) is 0 Å². The van der Waals surface area contributed by atoms with Crippen LogP contribution in [0.15, 0.2) is 82.6 Å². The van der Waals surface area contributed by atoms with Gasteiger partial charge in [-0.2, -0.15) is 0 Å². The van der Waals surface area contributed by atoms with E-state index in [1.54, 1.807) is 30.3 Å². The van der Waals surface area contributed by atoms with E-state index in [2.05, 4.69) is 4.72 Å². The molecule has 0 saturated heterocycles. The molecule has 0 aromatic heterocycles. The Morgan fingerprint density at radius 2 is 1.38 bits per heavy atom. The van der Waals surface area contributed by atoms with Crippen LogP contribution in [0, 0.1) is 0 Å². The Morgan fingerprint density at radius 1 is 0.793 bits per heavy atom. The molecule has 3 aromatic carbocycles. The quantitative estimate of drug-likeness (QED) is 0.546. The van der Waals surface area contributed by atoms with Crippen LogP contribution < -0.4 is 9.86 Å². The molecule has 0 radical (unpaired) electrons. The second-order valence-electron chi connectivity index (χ2n) is 6.05. The maximum atomic E-state index is 12.6. The summed E-state index contributed by atoms with van der Waals surface area (Å²) >= 11 is 0. The third kappa shape index (κ3) is 4.62. The van der Waals surface area contributed by atoms with Crippen molar-refractivity contribution in [2.45, 2.75) is 9.79 Å². The largest absolute Gasteiger partial charge is 0.478 e. The van der Waals surface area contributed by atoms with Crippen molar-refractivity contribution in [3.63, 3.8) is 0 Å². The van der Waals surface area contributed by atoms with Crippen LogP contribution >= 0.6 is 0 Å². The minimum Gasteiger partial charge on any atom is -0.478 e. The Kier molecular flexibility index (Phi) is 5.42. The van der Waals surface area contributed by atoms with Gasteiger partial charge < -0.3 is 5.11 Å². The molecular formula is C19H16N2O6S2. The van der Waals surface area contributed by atoms with Gasteiger partial charge in [-0.25, -0.2) is 26.8 Å². The van der Waals surface area contributed by atoms with Gasteiger partial charge in [0.15, 0.2) is 0 Å². The second-order valence-corrected chi connectivity index (χ2v) is 9.30. The molecule has 10 heteroatoms. The first-order chi connectivity index (χ1) is 13.6. The Bertz CT molecular complexity index is 1270. The van der Waals surface area contributed by atoms with Gasteiger partial charge in [-0.15, -0.1) is 0 Å². The number of hydrogen-bond donors (Lipinski definition) is 3. The maximum Gasteiger partial charge on any atom is 0.337 e. The van der Waals surface area contributed by atoms with Gasteiger partial charge >= 0.3 is 5.97 Å². The molecule has 29 heavy (non-hydrogen) atoms. The molecule has 0 bridgehead atoms. The number of sulfonamides is 2. The molecule has 3 aromatic rings. The monoisotopic (exact) mass is 432 g/mol. The van der Waals surface area contributed by atoms with Crippen molar-refractivity contribution >= 4 is 31.7 Å². The number of hydrogen-bond acceptors (Lipinski definition) is 5. The van der Waals surface area contributed by atoms with E-state index in [1.807, 2.05) is 6.07 Å². The van der Waals surface area contributed by atoms with E-state index in [-0.39, 0.29) is 21.0 Å². The summed E-state index contributed by atoms with van der Waals surface area (Å²) in [5.41, 5.74) is 1.05. The molecule has 3 rings (SSSR count). The second kappa shape index (κ2) is 7.66. The fourth-order valence-electron chi connectivity index (χ4n) is 2.63. The molecule has 0 heterocycles. The molecule has 4 N–H and O–H groups in total. The van der Waals surface area contributed by atoms with Gasteiger partial charge in [0.25, 0.3) is 10.0 Å². The molecule has 150 valence electrons. The third-order valence-corrected chi connectivity index (χ3v) is 6.37.